The number of hydrogen-bond donors (Lipinski definition) is 1. The number of carbonyl (C=O) groups is 2. The Kier molecular flexibility index (Phi) is 8.96. The molecule has 13 heteroatoms. The summed E-state index contributed by atoms with van der Waals surface area (Å²) in [7, 11) is -3.72. The van der Waals surface area contributed by atoms with Crippen LogP contribution in [0.2, 0.25) is 0 Å². The third-order valence-corrected chi connectivity index (χ3v) is 5.13. The standard InChI is InChI=1S/C19H25N3O9S/c1-3-10-29-18(23)20-9-8-16-11-17(31-32(2,27)28)12-21(16)19(24)30-13-14-4-6-15(7-5-14)22(25)26/h3-7,16-17H,1,8-13H2,2H3,(H,20,23)/t16-,17-/m1/s1. The molecule has 0 aliphatic carbocycles. The first kappa shape index (κ1) is 25.1. The molecule has 1 fully saturated rings. The molecule has 12 nitrogen and oxygen atoms in total. The van der Waals surface area contributed by atoms with Gasteiger partial charge in [-0.3, -0.25) is 14.3 Å². The van der Waals surface area contributed by atoms with E-state index in [4.69, 9.17) is 13.7 Å². The lowest BCUT2D eigenvalue weighted by Gasteiger charge is -2.23. The maximum absolute atomic E-state index is 12.6. The largest absolute Gasteiger partial charge is 0.445 e. The van der Waals surface area contributed by atoms with Crippen LogP contribution in [0.1, 0.15) is 18.4 Å². The second kappa shape index (κ2) is 11.4. The molecule has 0 radical (unpaired) electrons. The van der Waals surface area contributed by atoms with E-state index < -0.39 is 39.4 Å². The van der Waals surface area contributed by atoms with Crippen molar-refractivity contribution in [3.63, 3.8) is 0 Å². The summed E-state index contributed by atoms with van der Waals surface area (Å²) in [5.41, 5.74) is 0.467. The van der Waals surface area contributed by atoms with Gasteiger partial charge in [0.15, 0.2) is 0 Å². The van der Waals surface area contributed by atoms with Crippen LogP contribution in [0, 0.1) is 10.1 Å². The molecule has 0 unspecified atom stereocenters. The number of benzene rings is 1. The minimum absolute atomic E-state index is 0.00224. The number of likely N-dealkylation sites (tertiary alicyclic amines) is 1. The first-order valence-electron chi connectivity index (χ1n) is 9.65. The van der Waals surface area contributed by atoms with Crippen LogP contribution in [0.15, 0.2) is 36.9 Å². The van der Waals surface area contributed by atoms with Crippen molar-refractivity contribution in [1.29, 1.82) is 0 Å². The molecule has 1 N–H and O–H groups in total. The average molecular weight is 471 g/mol. The number of amides is 2. The van der Waals surface area contributed by atoms with Crippen LogP contribution in [0.5, 0.6) is 0 Å². The second-order valence-corrected chi connectivity index (χ2v) is 8.65. The Labute approximate surface area is 185 Å². The maximum atomic E-state index is 12.6. The fourth-order valence-electron chi connectivity index (χ4n) is 3.16. The van der Waals surface area contributed by atoms with Gasteiger partial charge in [0.1, 0.15) is 13.2 Å². The zero-order valence-corrected chi connectivity index (χ0v) is 18.3. The third kappa shape index (κ3) is 8.15. The smallest absolute Gasteiger partial charge is 0.410 e. The molecule has 1 aromatic rings. The highest BCUT2D eigenvalue weighted by Gasteiger charge is 2.38. The summed E-state index contributed by atoms with van der Waals surface area (Å²) < 4.78 is 38.1. The molecule has 1 heterocycles. The van der Waals surface area contributed by atoms with E-state index in [1.54, 1.807) is 0 Å². The molecule has 1 aliphatic heterocycles. The molecule has 0 spiro atoms. The van der Waals surface area contributed by atoms with Crippen LogP contribution in [0.3, 0.4) is 0 Å². The Morgan fingerprint density at radius 1 is 1.31 bits per heavy atom. The molecule has 2 rings (SSSR count). The van der Waals surface area contributed by atoms with Gasteiger partial charge in [0.05, 0.1) is 23.8 Å². The van der Waals surface area contributed by atoms with E-state index in [0.717, 1.165) is 6.26 Å². The average Bonchev–Trinajstić information content (AvgIpc) is 3.11. The van der Waals surface area contributed by atoms with Gasteiger partial charge in [-0.1, -0.05) is 12.7 Å². The summed E-state index contributed by atoms with van der Waals surface area (Å²) in [6, 6.07) is 5.11. The predicted molar refractivity (Wildman–Crippen MR) is 112 cm³/mol. The van der Waals surface area contributed by atoms with Crippen molar-refractivity contribution in [3.05, 3.63) is 52.6 Å². The van der Waals surface area contributed by atoms with Crippen molar-refractivity contribution in [2.24, 2.45) is 0 Å². The van der Waals surface area contributed by atoms with Crippen molar-refractivity contribution in [2.45, 2.75) is 31.6 Å². The molecule has 0 bridgehead atoms. The molecule has 0 aromatic heterocycles. The zero-order chi connectivity index (χ0) is 23.7. The molecular formula is C19H25N3O9S. The number of ether oxygens (including phenoxy) is 2. The number of nitrogens with one attached hydrogen (secondary N) is 1. The quantitative estimate of drug-likeness (QED) is 0.233. The Morgan fingerprint density at radius 2 is 2.00 bits per heavy atom. The molecule has 1 saturated heterocycles. The summed E-state index contributed by atoms with van der Waals surface area (Å²) in [5, 5.41) is 13.3. The van der Waals surface area contributed by atoms with Gasteiger partial charge < -0.3 is 19.7 Å². The van der Waals surface area contributed by atoms with Gasteiger partial charge >= 0.3 is 12.2 Å². The van der Waals surface area contributed by atoms with Gasteiger partial charge in [-0.15, -0.1) is 0 Å². The highest BCUT2D eigenvalue weighted by Crippen LogP contribution is 2.25. The Morgan fingerprint density at radius 3 is 2.59 bits per heavy atom. The topological polar surface area (TPSA) is 154 Å². The highest BCUT2D eigenvalue weighted by molar-refractivity contribution is 7.86. The van der Waals surface area contributed by atoms with E-state index in [1.807, 2.05) is 0 Å². The molecule has 2 amide bonds. The van der Waals surface area contributed by atoms with Crippen LogP contribution >= 0.6 is 0 Å². The third-order valence-electron chi connectivity index (χ3n) is 4.51. The number of nitrogens with zero attached hydrogens (tertiary/aromatic N) is 2. The van der Waals surface area contributed by atoms with Gasteiger partial charge in [0.2, 0.25) is 0 Å². The minimum atomic E-state index is -3.72. The predicted octanol–water partition coefficient (Wildman–Crippen LogP) is 1.95. The number of alkyl carbamates (subject to hydrolysis) is 1. The minimum Gasteiger partial charge on any atom is -0.445 e. The Hall–Kier alpha value is -3.19. The number of nitro benzene ring substituents is 1. The van der Waals surface area contributed by atoms with E-state index >= 15 is 0 Å². The van der Waals surface area contributed by atoms with E-state index in [-0.39, 0.29) is 38.4 Å². The Balaban J connectivity index is 1.96. The van der Waals surface area contributed by atoms with E-state index in [0.29, 0.717) is 12.0 Å². The molecule has 176 valence electrons. The summed E-state index contributed by atoms with van der Waals surface area (Å²) >= 11 is 0. The number of non-ortho nitro benzene ring substituents is 1. The van der Waals surface area contributed by atoms with Crippen molar-refractivity contribution in [2.75, 3.05) is 26.0 Å². The lowest BCUT2D eigenvalue weighted by Crippen LogP contribution is -2.38. The summed E-state index contributed by atoms with van der Waals surface area (Å²) in [6.45, 7) is 3.55. The molecule has 2 atom stereocenters. The van der Waals surface area contributed by atoms with Crippen LogP contribution < -0.4 is 5.32 Å². The van der Waals surface area contributed by atoms with Gasteiger partial charge in [-0.25, -0.2) is 9.59 Å². The highest BCUT2D eigenvalue weighted by atomic mass is 32.2. The van der Waals surface area contributed by atoms with E-state index in [2.05, 4.69) is 11.9 Å². The maximum Gasteiger partial charge on any atom is 0.410 e. The monoisotopic (exact) mass is 471 g/mol. The molecular weight excluding hydrogens is 446 g/mol. The van der Waals surface area contributed by atoms with Crippen LogP contribution in [0.4, 0.5) is 15.3 Å². The van der Waals surface area contributed by atoms with Gasteiger partial charge in [0.25, 0.3) is 15.8 Å². The van der Waals surface area contributed by atoms with Gasteiger partial charge in [-0.2, -0.15) is 8.42 Å². The summed E-state index contributed by atoms with van der Waals surface area (Å²) in [6.07, 6.45) is 0.833. The van der Waals surface area contributed by atoms with Crippen molar-refractivity contribution in [1.82, 2.24) is 10.2 Å². The molecule has 1 aromatic carbocycles. The number of nitro groups is 1. The molecule has 1 aliphatic rings. The Bertz CT molecular complexity index is 934. The van der Waals surface area contributed by atoms with Crippen LogP contribution in [0.25, 0.3) is 0 Å². The summed E-state index contributed by atoms with van der Waals surface area (Å²) in [5.74, 6) is 0. The molecule has 0 saturated carbocycles. The lowest BCUT2D eigenvalue weighted by molar-refractivity contribution is -0.384. The van der Waals surface area contributed by atoms with Crippen molar-refractivity contribution in [3.8, 4) is 0 Å². The first-order valence-corrected chi connectivity index (χ1v) is 11.5. The number of hydrogen-bond acceptors (Lipinski definition) is 9. The SMILES string of the molecule is C=CCOC(=O)NCC[C@@H]1C[C@@H](OS(C)(=O)=O)CN1C(=O)OCc1ccc([N+](=O)[O-])cc1. The van der Waals surface area contributed by atoms with E-state index in [9.17, 15) is 28.1 Å². The van der Waals surface area contributed by atoms with E-state index in [1.165, 1.54) is 35.2 Å². The van der Waals surface area contributed by atoms with Crippen molar-refractivity contribution < 1.29 is 36.6 Å². The normalized spacial score (nSPS) is 18.1. The number of rotatable bonds is 10. The van der Waals surface area contributed by atoms with Gasteiger partial charge in [-0.05, 0) is 30.5 Å². The van der Waals surface area contributed by atoms with Gasteiger partial charge in [0, 0.05) is 24.7 Å². The number of carbonyl (C=O) groups excluding carboxylic acids is 2. The van der Waals surface area contributed by atoms with Crippen LogP contribution in [-0.2, 0) is 30.4 Å². The van der Waals surface area contributed by atoms with Crippen LogP contribution in [-0.4, -0.2) is 68.5 Å². The lowest BCUT2D eigenvalue weighted by atomic mass is 10.1. The summed E-state index contributed by atoms with van der Waals surface area (Å²) in [4.78, 5) is 35.7. The second-order valence-electron chi connectivity index (χ2n) is 7.04. The van der Waals surface area contributed by atoms with Crippen molar-refractivity contribution >= 4 is 28.0 Å². The molecule has 32 heavy (non-hydrogen) atoms. The first-order chi connectivity index (χ1) is 15.1. The zero-order valence-electron chi connectivity index (χ0n) is 17.5. The fourth-order valence-corrected chi connectivity index (χ4v) is 3.79. The fraction of sp³-hybridized carbons (Fsp3) is 0.474.